The molecular weight excluding hydrogens is 389 g/mol. The van der Waals surface area contributed by atoms with Crippen LogP contribution in [0.15, 0.2) is 47.6 Å². The maximum atomic E-state index is 12.7. The van der Waals surface area contributed by atoms with Crippen LogP contribution in [0.3, 0.4) is 0 Å². The fraction of sp³-hybridized carbons (Fsp3) is 0.235. The Hall–Kier alpha value is -2.06. The van der Waals surface area contributed by atoms with Crippen LogP contribution in [0.4, 0.5) is 13.2 Å². The van der Waals surface area contributed by atoms with Gasteiger partial charge in [-0.15, -0.1) is 17.7 Å². The number of benzene rings is 2. The Morgan fingerprint density at radius 2 is 1.92 bits per heavy atom. The molecular formula is C17H14ClF3N2O2S. The predicted octanol–water partition coefficient (Wildman–Crippen LogP) is 4.77. The van der Waals surface area contributed by atoms with Gasteiger partial charge in [0.25, 0.3) is 0 Å². The Kier molecular flexibility index (Phi) is 5.24. The first kappa shape index (κ1) is 18.7. The minimum absolute atomic E-state index is 0.194. The fourth-order valence-electron chi connectivity index (χ4n) is 2.44. The maximum Gasteiger partial charge on any atom is 0.416 e. The van der Waals surface area contributed by atoms with Gasteiger partial charge in [-0.1, -0.05) is 11.6 Å². The van der Waals surface area contributed by atoms with Crippen LogP contribution in [0.2, 0.25) is 5.02 Å². The van der Waals surface area contributed by atoms with Gasteiger partial charge in [0.05, 0.1) is 19.2 Å². The van der Waals surface area contributed by atoms with Crippen LogP contribution >= 0.6 is 24.2 Å². The molecule has 26 heavy (non-hydrogen) atoms. The molecule has 0 spiro atoms. The molecule has 0 amide bonds. The summed E-state index contributed by atoms with van der Waals surface area (Å²) in [6, 6.07) is 9.78. The third kappa shape index (κ3) is 4.02. The molecule has 0 saturated heterocycles. The van der Waals surface area contributed by atoms with Gasteiger partial charge in [-0.05, 0) is 42.5 Å². The molecule has 9 heteroatoms. The molecule has 1 heterocycles. The first-order valence-corrected chi connectivity index (χ1v) is 8.37. The van der Waals surface area contributed by atoms with E-state index >= 15 is 0 Å². The quantitative estimate of drug-likeness (QED) is 0.748. The number of halogens is 4. The summed E-state index contributed by atoms with van der Waals surface area (Å²) in [5.74, 6) is 0.827. The van der Waals surface area contributed by atoms with Crippen LogP contribution in [0, 0.1) is 0 Å². The topological polar surface area (TPSA) is 34.1 Å². The van der Waals surface area contributed by atoms with Crippen LogP contribution < -0.4 is 4.74 Å². The van der Waals surface area contributed by atoms with Crippen LogP contribution in [-0.4, -0.2) is 23.6 Å². The lowest BCUT2D eigenvalue weighted by atomic mass is 10.1. The standard InChI is InChI=1S/C17H14ClF3N2O2S/c1-24-14-7-6-13(18)8-11(14)9-23-16(26)25-15(22-23)10-2-4-12(5-3-10)17(19,20)21/h2-8,16,26H,9H2,1H3. The normalized spacial score (nSPS) is 17.1. The Morgan fingerprint density at radius 3 is 2.54 bits per heavy atom. The number of rotatable bonds is 4. The number of thiol groups is 1. The Labute approximate surface area is 158 Å². The number of methoxy groups -OCH3 is 1. The molecule has 0 aromatic heterocycles. The Balaban J connectivity index is 1.81. The molecule has 3 rings (SSSR count). The lowest BCUT2D eigenvalue weighted by Crippen LogP contribution is -2.22. The first-order valence-electron chi connectivity index (χ1n) is 7.48. The first-order chi connectivity index (χ1) is 12.3. The second kappa shape index (κ2) is 7.28. The molecule has 0 aliphatic carbocycles. The number of hydrazone groups is 1. The summed E-state index contributed by atoms with van der Waals surface area (Å²) >= 11 is 10.3. The summed E-state index contributed by atoms with van der Waals surface area (Å²) in [6.45, 7) is 0.308. The van der Waals surface area contributed by atoms with Gasteiger partial charge in [-0.3, -0.25) is 0 Å². The van der Waals surface area contributed by atoms with Crippen LogP contribution in [0.5, 0.6) is 5.75 Å². The van der Waals surface area contributed by atoms with Gasteiger partial charge in [0.2, 0.25) is 11.5 Å². The monoisotopic (exact) mass is 402 g/mol. The molecule has 2 aromatic rings. The highest BCUT2D eigenvalue weighted by Gasteiger charge is 2.31. The van der Waals surface area contributed by atoms with E-state index in [2.05, 4.69) is 17.7 Å². The zero-order chi connectivity index (χ0) is 18.9. The second-order valence-corrected chi connectivity index (χ2v) is 6.36. The molecule has 0 N–H and O–H groups in total. The largest absolute Gasteiger partial charge is 0.496 e. The van der Waals surface area contributed by atoms with Crippen molar-refractivity contribution >= 4 is 30.1 Å². The molecule has 1 aliphatic rings. The van der Waals surface area contributed by atoms with Crippen molar-refractivity contribution < 1.29 is 22.6 Å². The number of ether oxygens (including phenoxy) is 2. The van der Waals surface area contributed by atoms with Crippen molar-refractivity contribution in [2.45, 2.75) is 18.3 Å². The number of hydrogen-bond acceptors (Lipinski definition) is 5. The molecule has 1 aliphatic heterocycles. The molecule has 0 fully saturated rings. The lowest BCUT2D eigenvalue weighted by Gasteiger charge is -2.19. The smallest absolute Gasteiger partial charge is 0.416 e. The van der Waals surface area contributed by atoms with Crippen LogP contribution in [-0.2, 0) is 17.5 Å². The zero-order valence-electron chi connectivity index (χ0n) is 13.5. The molecule has 4 nitrogen and oxygen atoms in total. The highest BCUT2D eigenvalue weighted by molar-refractivity contribution is 7.80. The van der Waals surface area contributed by atoms with Crippen molar-refractivity contribution in [3.05, 3.63) is 64.2 Å². The summed E-state index contributed by atoms with van der Waals surface area (Å²) in [6.07, 6.45) is -4.39. The van der Waals surface area contributed by atoms with Gasteiger partial charge in [0.1, 0.15) is 5.75 Å². The Morgan fingerprint density at radius 1 is 1.23 bits per heavy atom. The second-order valence-electron chi connectivity index (χ2n) is 5.48. The van der Waals surface area contributed by atoms with E-state index < -0.39 is 17.3 Å². The summed E-state index contributed by atoms with van der Waals surface area (Å²) in [7, 11) is 1.54. The fourth-order valence-corrected chi connectivity index (χ4v) is 2.86. The van der Waals surface area contributed by atoms with E-state index in [1.165, 1.54) is 12.1 Å². The van der Waals surface area contributed by atoms with E-state index in [9.17, 15) is 13.2 Å². The number of hydrogen-bond donors (Lipinski definition) is 1. The van der Waals surface area contributed by atoms with Crippen LogP contribution in [0.25, 0.3) is 0 Å². The Bertz CT molecular complexity index is 828. The summed E-state index contributed by atoms with van der Waals surface area (Å²) < 4.78 is 48.8. The van der Waals surface area contributed by atoms with Gasteiger partial charge < -0.3 is 9.47 Å². The van der Waals surface area contributed by atoms with Crippen molar-refractivity contribution in [1.82, 2.24) is 5.01 Å². The zero-order valence-corrected chi connectivity index (χ0v) is 15.1. The molecule has 138 valence electrons. The van der Waals surface area contributed by atoms with E-state index in [1.54, 1.807) is 30.3 Å². The van der Waals surface area contributed by atoms with Crippen LogP contribution in [0.1, 0.15) is 16.7 Å². The van der Waals surface area contributed by atoms with Crippen molar-refractivity contribution in [2.75, 3.05) is 7.11 Å². The lowest BCUT2D eigenvalue weighted by molar-refractivity contribution is -0.137. The van der Waals surface area contributed by atoms with Crippen molar-refractivity contribution in [3.8, 4) is 5.75 Å². The molecule has 2 aromatic carbocycles. The van der Waals surface area contributed by atoms with Crippen molar-refractivity contribution in [3.63, 3.8) is 0 Å². The number of nitrogens with zero attached hydrogens (tertiary/aromatic N) is 2. The minimum Gasteiger partial charge on any atom is -0.496 e. The van der Waals surface area contributed by atoms with Gasteiger partial charge in [0, 0.05) is 16.1 Å². The maximum absolute atomic E-state index is 12.7. The summed E-state index contributed by atoms with van der Waals surface area (Å²) in [5, 5.41) is 6.39. The molecule has 0 radical (unpaired) electrons. The van der Waals surface area contributed by atoms with Gasteiger partial charge in [-0.25, -0.2) is 5.01 Å². The highest BCUT2D eigenvalue weighted by atomic mass is 35.5. The summed E-state index contributed by atoms with van der Waals surface area (Å²) in [5.41, 5.74) is -0.212. The average molecular weight is 403 g/mol. The molecule has 1 atom stereocenters. The predicted molar refractivity (Wildman–Crippen MR) is 95.4 cm³/mol. The van der Waals surface area contributed by atoms with Crippen molar-refractivity contribution in [2.24, 2.45) is 5.10 Å². The average Bonchev–Trinajstić information content (AvgIpc) is 2.95. The summed E-state index contributed by atoms with van der Waals surface area (Å²) in [4.78, 5) is 0. The SMILES string of the molecule is COc1ccc(Cl)cc1CN1N=C(c2ccc(C(F)(F)F)cc2)OC1S. The van der Waals surface area contributed by atoms with E-state index in [0.717, 1.165) is 17.7 Å². The van der Waals surface area contributed by atoms with Gasteiger partial charge >= 0.3 is 6.18 Å². The van der Waals surface area contributed by atoms with E-state index in [4.69, 9.17) is 21.1 Å². The third-order valence-electron chi connectivity index (χ3n) is 3.73. The van der Waals surface area contributed by atoms with E-state index in [0.29, 0.717) is 22.9 Å². The van der Waals surface area contributed by atoms with E-state index in [1.807, 2.05) is 0 Å². The third-order valence-corrected chi connectivity index (χ3v) is 4.33. The molecule has 0 bridgehead atoms. The molecule has 1 unspecified atom stereocenters. The van der Waals surface area contributed by atoms with Gasteiger partial charge in [-0.2, -0.15) is 13.2 Å². The highest BCUT2D eigenvalue weighted by Crippen LogP contribution is 2.31. The van der Waals surface area contributed by atoms with Crippen molar-refractivity contribution in [1.29, 1.82) is 0 Å². The van der Waals surface area contributed by atoms with E-state index in [-0.39, 0.29) is 5.90 Å². The minimum atomic E-state index is -4.39. The van der Waals surface area contributed by atoms with Gasteiger partial charge in [0.15, 0.2) is 0 Å². The molecule has 0 saturated carbocycles. The number of alkyl halides is 3.